The molecule has 0 aliphatic rings. The molecule has 4 N–H and O–H groups in total. The lowest BCUT2D eigenvalue weighted by Gasteiger charge is -2.35. The maximum Gasteiger partial charge on any atom is 0.408 e. The number of hydrogen-bond acceptors (Lipinski definition) is 17. The van der Waals surface area contributed by atoms with E-state index in [1.807, 2.05) is 371 Å². The van der Waals surface area contributed by atoms with Crippen molar-refractivity contribution in [3.63, 3.8) is 0 Å². The van der Waals surface area contributed by atoms with Crippen LogP contribution in [0.5, 0.6) is 0 Å². The Morgan fingerprint density at radius 1 is 0.207 bits per heavy atom. The molecule has 0 heterocycles. The molecule has 0 saturated carbocycles. The Labute approximate surface area is 792 Å². The lowest BCUT2D eigenvalue weighted by atomic mass is 9.79. The number of aryl methyl sites for hydroxylation is 8. The molecule has 12 rings (SSSR count). The third-order valence-corrected chi connectivity index (χ3v) is 21.6. The largest absolute Gasteiger partial charge is 0.460 e. The van der Waals surface area contributed by atoms with Gasteiger partial charge in [0.1, 0.15) is 26.4 Å². The SMILES string of the molecule is C=C(C)C(=O)OCCNC(=O)OC(c1ccccc1)(c1ccc(C)cc1)c1ccc(C)cc1.C=C(C)C(=O)OCCNC(=O)OC(c1ccccc1)(c1ccc(C)cc1)c1ccc(C)cc1.C=C(C)C(=O)OCCNC(=O)OC(c1ccccc1)(c1ccc(C)cc1)c1ccc(C)cc1.C=C(C)C(=O)OCCOCCNC(=O)OC(c1ccccc1)(c1ccc(C)cc1)c1ccc(C)cc1. The first kappa shape index (κ1) is 103. The summed E-state index contributed by atoms with van der Waals surface area (Å²) < 4.78 is 50.5. The van der Waals surface area contributed by atoms with Crippen LogP contribution in [0.3, 0.4) is 0 Å². The predicted molar refractivity (Wildman–Crippen MR) is 527 cm³/mol. The Hall–Kier alpha value is -15.5. The minimum atomic E-state index is -1.17. The van der Waals surface area contributed by atoms with Gasteiger partial charge >= 0.3 is 48.3 Å². The molecule has 0 saturated heterocycles. The van der Waals surface area contributed by atoms with Crippen molar-refractivity contribution in [3.8, 4) is 0 Å². The zero-order chi connectivity index (χ0) is 97.5. The topological polar surface area (TPSA) is 268 Å². The first-order chi connectivity index (χ1) is 64.8. The summed E-state index contributed by atoms with van der Waals surface area (Å²) >= 11 is 0. The van der Waals surface area contributed by atoms with E-state index in [1.165, 1.54) is 0 Å². The number of carbonyl (C=O) groups excluding carboxylic acids is 8. The minimum absolute atomic E-state index is 0.0220. The number of amides is 4. The van der Waals surface area contributed by atoms with Crippen molar-refractivity contribution in [3.05, 3.63) is 475 Å². The summed E-state index contributed by atoms with van der Waals surface area (Å²) in [6.07, 6.45) is -2.43. The second-order valence-electron chi connectivity index (χ2n) is 32.7. The summed E-state index contributed by atoms with van der Waals surface area (Å²) in [6.45, 7) is 37.8. The fraction of sp³-hybridized carbons (Fsp3) is 0.228. The van der Waals surface area contributed by atoms with Crippen LogP contribution in [0.25, 0.3) is 0 Å². The highest BCUT2D eigenvalue weighted by molar-refractivity contribution is 5.88. The van der Waals surface area contributed by atoms with Crippen LogP contribution >= 0.6 is 0 Å². The van der Waals surface area contributed by atoms with Crippen LogP contribution in [0.4, 0.5) is 19.2 Å². The van der Waals surface area contributed by atoms with Gasteiger partial charge in [-0.1, -0.05) is 386 Å². The Morgan fingerprint density at radius 2 is 0.356 bits per heavy atom. The molecule has 0 atom stereocenters. The lowest BCUT2D eigenvalue weighted by Crippen LogP contribution is -2.40. The van der Waals surface area contributed by atoms with Crippen molar-refractivity contribution in [1.82, 2.24) is 21.3 Å². The second-order valence-corrected chi connectivity index (χ2v) is 32.7. The maximum absolute atomic E-state index is 13.1. The van der Waals surface area contributed by atoms with Gasteiger partial charge in [0.25, 0.3) is 0 Å². The van der Waals surface area contributed by atoms with Gasteiger partial charge in [-0.2, -0.15) is 0 Å². The van der Waals surface area contributed by atoms with E-state index >= 15 is 0 Å². The first-order valence-electron chi connectivity index (χ1n) is 44.4. The van der Waals surface area contributed by atoms with Crippen LogP contribution in [0.1, 0.15) is 139 Å². The molecule has 0 radical (unpaired) electrons. The highest BCUT2D eigenvalue weighted by Crippen LogP contribution is 2.46. The van der Waals surface area contributed by atoms with Crippen LogP contribution in [-0.4, -0.2) is 114 Å². The first-order valence-corrected chi connectivity index (χ1v) is 44.4. The standard InChI is InChI=1S/C30H33NO5.3C28H29NO4/c1-22(2)28(32)35-21-20-34-19-18-31-29(33)36-30(25-8-6-5-7-9-25,26-14-10-23(3)11-15-26)27-16-12-24(4)13-17-27;3*1-20(2)26(30)32-19-18-29-27(31)33-28(23-8-6-5-7-9-23,24-14-10-21(3)11-15-24)25-16-12-22(4)13-17-25/h5-17H,1,18-21H2,2-4H3,(H,31,33);3*5-17H,1,18-19H2,2-4H3,(H,29,31). The third kappa shape index (κ3) is 29.0. The summed E-state index contributed by atoms with van der Waals surface area (Å²) in [5, 5.41) is 10.9. The fourth-order valence-electron chi connectivity index (χ4n) is 14.3. The minimum Gasteiger partial charge on any atom is -0.460 e. The van der Waals surface area contributed by atoms with Crippen molar-refractivity contribution in [2.45, 2.75) is 105 Å². The number of carbonyl (C=O) groups is 8. The molecule has 0 unspecified atom stereocenters. The number of alkyl carbamates (subject to hydrolysis) is 4. The Kier molecular flexibility index (Phi) is 38.8. The molecule has 0 spiro atoms. The van der Waals surface area contributed by atoms with Gasteiger partial charge in [0.05, 0.1) is 32.8 Å². The van der Waals surface area contributed by atoms with Gasteiger partial charge in [-0.25, -0.2) is 38.4 Å². The van der Waals surface area contributed by atoms with Gasteiger partial charge < -0.3 is 63.9 Å². The fourth-order valence-corrected chi connectivity index (χ4v) is 14.3. The molecule has 21 heteroatoms. The smallest absolute Gasteiger partial charge is 0.408 e. The van der Waals surface area contributed by atoms with Crippen molar-refractivity contribution in [2.24, 2.45) is 0 Å². The molecule has 0 aliphatic carbocycles. The highest BCUT2D eigenvalue weighted by Gasteiger charge is 2.45. The van der Waals surface area contributed by atoms with E-state index in [1.54, 1.807) is 27.7 Å². The Bertz CT molecular complexity index is 5320. The lowest BCUT2D eigenvalue weighted by molar-refractivity contribution is -0.141. The molecule has 0 bridgehead atoms. The van der Waals surface area contributed by atoms with Crippen LogP contribution in [0.2, 0.25) is 0 Å². The summed E-state index contributed by atoms with van der Waals surface area (Å²) in [5.41, 5.74) is 15.4. The molecular weight excluding hydrogens is 1700 g/mol. The maximum atomic E-state index is 13.1. The van der Waals surface area contributed by atoms with Gasteiger partial charge in [0.2, 0.25) is 0 Å². The van der Waals surface area contributed by atoms with Crippen LogP contribution < -0.4 is 21.3 Å². The highest BCUT2D eigenvalue weighted by atomic mass is 16.6. The van der Waals surface area contributed by atoms with Crippen molar-refractivity contribution in [1.29, 1.82) is 0 Å². The molecule has 0 aliphatic heterocycles. The van der Waals surface area contributed by atoms with E-state index in [9.17, 15) is 38.4 Å². The van der Waals surface area contributed by atoms with Crippen molar-refractivity contribution < 1.29 is 81.0 Å². The van der Waals surface area contributed by atoms with E-state index in [2.05, 4.69) is 47.6 Å². The van der Waals surface area contributed by atoms with Gasteiger partial charge in [-0.15, -0.1) is 0 Å². The number of rotatable bonds is 35. The number of hydrogen-bond donors (Lipinski definition) is 4. The van der Waals surface area contributed by atoms with Gasteiger partial charge in [0, 0.05) is 95.6 Å². The molecule has 12 aromatic rings. The monoisotopic (exact) mass is 1820 g/mol. The average Bonchev–Trinajstić information content (AvgIpc) is 0.767. The van der Waals surface area contributed by atoms with E-state index in [0.29, 0.717) is 22.3 Å². The van der Waals surface area contributed by atoms with Gasteiger partial charge in [-0.05, 0) is 83.1 Å². The molecule has 698 valence electrons. The number of esters is 4. The van der Waals surface area contributed by atoms with E-state index < -0.39 is 70.7 Å². The van der Waals surface area contributed by atoms with Crippen LogP contribution in [0, 0.1) is 55.4 Å². The zero-order valence-electron chi connectivity index (χ0n) is 78.9. The van der Waals surface area contributed by atoms with Gasteiger partial charge in [-0.3, -0.25) is 0 Å². The van der Waals surface area contributed by atoms with Gasteiger partial charge in [0.15, 0.2) is 22.4 Å². The number of benzene rings is 12. The van der Waals surface area contributed by atoms with Crippen molar-refractivity contribution in [2.75, 3.05) is 65.8 Å². The molecule has 0 aromatic heterocycles. The second kappa shape index (κ2) is 50.8. The number of ether oxygens (including phenoxy) is 9. The van der Waals surface area contributed by atoms with Crippen LogP contribution in [0.15, 0.2) is 364 Å². The molecule has 21 nitrogen and oxygen atoms in total. The van der Waals surface area contributed by atoms with Crippen molar-refractivity contribution >= 4 is 48.3 Å². The quantitative estimate of drug-likeness (QED) is 0.00945. The number of nitrogens with one attached hydrogen (secondary N) is 4. The molecular formula is C114H120N4O17. The summed E-state index contributed by atoms with van der Waals surface area (Å²) in [4.78, 5) is 98.2. The average molecular weight is 1820 g/mol. The van der Waals surface area contributed by atoms with E-state index in [0.717, 1.165) is 111 Å². The summed E-state index contributed by atoms with van der Waals surface area (Å²) in [5.74, 6) is -1.95. The molecule has 4 amide bonds. The molecule has 0 fully saturated rings. The normalized spacial score (nSPS) is 10.9. The Balaban J connectivity index is 0.000000202. The summed E-state index contributed by atoms with van der Waals surface area (Å²) in [7, 11) is 0. The summed E-state index contributed by atoms with van der Waals surface area (Å²) in [6, 6.07) is 102. The Morgan fingerprint density at radius 3 is 0.519 bits per heavy atom. The molecule has 12 aromatic carbocycles. The molecule has 135 heavy (non-hydrogen) atoms. The van der Waals surface area contributed by atoms with E-state index in [-0.39, 0.29) is 65.8 Å². The van der Waals surface area contributed by atoms with Crippen LogP contribution in [-0.2, 0) is 84.2 Å². The zero-order valence-corrected chi connectivity index (χ0v) is 78.9. The van der Waals surface area contributed by atoms with E-state index in [4.69, 9.17) is 42.6 Å². The predicted octanol–water partition coefficient (Wildman–Crippen LogP) is 21.8. The third-order valence-electron chi connectivity index (χ3n) is 21.6.